The first-order valence-electron chi connectivity index (χ1n) is 7.02. The lowest BCUT2D eigenvalue weighted by Gasteiger charge is -2.22. The smallest absolute Gasteiger partial charge is 0.277 e. The Bertz CT molecular complexity index is 684. The van der Waals surface area contributed by atoms with E-state index >= 15 is 0 Å². The highest BCUT2D eigenvalue weighted by atomic mass is 79.9. The van der Waals surface area contributed by atoms with Gasteiger partial charge in [0.05, 0.1) is 16.7 Å². The highest BCUT2D eigenvalue weighted by Crippen LogP contribution is 2.20. The molecule has 0 spiro atoms. The number of anilines is 1. The summed E-state index contributed by atoms with van der Waals surface area (Å²) in [5.74, 6) is -0.835. The highest BCUT2D eigenvalue weighted by molar-refractivity contribution is 9.10. The lowest BCUT2D eigenvalue weighted by atomic mass is 10.1. The van der Waals surface area contributed by atoms with E-state index in [1.165, 1.54) is 12.1 Å². The molecule has 0 radical (unpaired) electrons. The number of hydrogen-bond acceptors (Lipinski definition) is 4. The average Bonchev–Trinajstić information content (AvgIpc) is 3.02. The Kier molecular flexibility index (Phi) is 4.49. The average molecular weight is 368 g/mol. The van der Waals surface area contributed by atoms with E-state index in [-0.39, 0.29) is 11.7 Å². The van der Waals surface area contributed by atoms with Crippen molar-refractivity contribution < 1.29 is 9.18 Å². The number of carbonyl (C=O) groups excluding carboxylic acids is 1. The number of aromatic nitrogens is 3. The minimum atomic E-state index is -0.434. The maximum absolute atomic E-state index is 13.4. The summed E-state index contributed by atoms with van der Waals surface area (Å²) in [6, 6.07) is 4.67. The molecular formula is C14H15BrFN5O. The normalized spacial score (nSPS) is 15.7. The molecule has 0 unspecified atom stereocenters. The van der Waals surface area contributed by atoms with Gasteiger partial charge in [0.15, 0.2) is 5.69 Å². The molecule has 1 amide bonds. The van der Waals surface area contributed by atoms with Gasteiger partial charge in [-0.2, -0.15) is 0 Å². The summed E-state index contributed by atoms with van der Waals surface area (Å²) in [5, 5.41) is 13.8. The second kappa shape index (κ2) is 6.53. The maximum atomic E-state index is 13.4. The molecular weight excluding hydrogens is 353 g/mol. The van der Waals surface area contributed by atoms with Crippen LogP contribution in [0.1, 0.15) is 29.4 Å². The molecule has 2 N–H and O–H groups in total. The van der Waals surface area contributed by atoms with Crippen LogP contribution < -0.4 is 10.6 Å². The summed E-state index contributed by atoms with van der Waals surface area (Å²) in [4.78, 5) is 12.1. The third-order valence-corrected chi connectivity index (χ3v) is 4.25. The second-order valence-corrected chi connectivity index (χ2v) is 6.00. The van der Waals surface area contributed by atoms with E-state index in [9.17, 15) is 9.18 Å². The fraction of sp³-hybridized carbons (Fsp3) is 0.357. The molecule has 0 bridgehead atoms. The zero-order valence-electron chi connectivity index (χ0n) is 11.7. The van der Waals surface area contributed by atoms with Gasteiger partial charge in [-0.1, -0.05) is 5.21 Å². The molecule has 1 fully saturated rings. The van der Waals surface area contributed by atoms with Crippen molar-refractivity contribution in [2.45, 2.75) is 18.9 Å². The molecule has 0 atom stereocenters. The van der Waals surface area contributed by atoms with Crippen LogP contribution >= 0.6 is 15.9 Å². The van der Waals surface area contributed by atoms with Crippen LogP contribution in [0.2, 0.25) is 0 Å². The molecule has 1 aliphatic heterocycles. The van der Waals surface area contributed by atoms with Crippen LogP contribution in [0.25, 0.3) is 0 Å². The van der Waals surface area contributed by atoms with Crippen molar-refractivity contribution in [3.63, 3.8) is 0 Å². The number of nitrogens with zero attached hydrogens (tertiary/aromatic N) is 3. The zero-order valence-corrected chi connectivity index (χ0v) is 13.3. The zero-order chi connectivity index (χ0) is 15.5. The highest BCUT2D eigenvalue weighted by Gasteiger charge is 2.19. The first kappa shape index (κ1) is 15.1. The molecule has 22 heavy (non-hydrogen) atoms. The summed E-state index contributed by atoms with van der Waals surface area (Å²) in [7, 11) is 0. The van der Waals surface area contributed by atoms with E-state index in [4.69, 9.17) is 0 Å². The standard InChI is InChI=1S/C14H15BrFN5O/c15-11-2-1-9(7-12(11)16)18-14(22)13-8-21(20-19-13)10-3-5-17-6-4-10/h1-2,7-8,10,17H,3-6H2,(H,18,22). The molecule has 0 aliphatic carbocycles. The van der Waals surface area contributed by atoms with Crippen LogP contribution in [0, 0.1) is 5.82 Å². The molecule has 116 valence electrons. The SMILES string of the molecule is O=C(Nc1ccc(Br)c(F)c1)c1cn(C2CCNCC2)nn1. The predicted molar refractivity (Wildman–Crippen MR) is 83.2 cm³/mol. The van der Waals surface area contributed by atoms with Gasteiger partial charge in [-0.15, -0.1) is 5.10 Å². The predicted octanol–water partition coefficient (Wildman–Crippen LogP) is 2.36. The minimum Gasteiger partial charge on any atom is -0.320 e. The molecule has 6 nitrogen and oxygen atoms in total. The quantitative estimate of drug-likeness (QED) is 0.873. The molecule has 0 saturated carbocycles. The first-order chi connectivity index (χ1) is 10.6. The van der Waals surface area contributed by atoms with Crippen molar-refractivity contribution in [1.82, 2.24) is 20.3 Å². The lowest BCUT2D eigenvalue weighted by molar-refractivity contribution is 0.102. The molecule has 1 aliphatic rings. The fourth-order valence-corrected chi connectivity index (χ4v) is 2.65. The van der Waals surface area contributed by atoms with Gasteiger partial charge < -0.3 is 10.6 Å². The minimum absolute atomic E-state index is 0.224. The van der Waals surface area contributed by atoms with Gasteiger partial charge in [0, 0.05) is 5.69 Å². The van der Waals surface area contributed by atoms with Crippen LogP contribution in [0.5, 0.6) is 0 Å². The topological polar surface area (TPSA) is 71.8 Å². The van der Waals surface area contributed by atoms with Crippen molar-refractivity contribution in [2.75, 3.05) is 18.4 Å². The molecule has 3 rings (SSSR count). The van der Waals surface area contributed by atoms with Crippen molar-refractivity contribution in [1.29, 1.82) is 0 Å². The number of halogens is 2. The van der Waals surface area contributed by atoms with Gasteiger partial charge in [0.2, 0.25) is 0 Å². The van der Waals surface area contributed by atoms with Gasteiger partial charge in [-0.3, -0.25) is 4.79 Å². The summed E-state index contributed by atoms with van der Waals surface area (Å²) >= 11 is 3.07. The van der Waals surface area contributed by atoms with E-state index in [2.05, 4.69) is 36.9 Å². The van der Waals surface area contributed by atoms with E-state index in [0.29, 0.717) is 10.2 Å². The van der Waals surface area contributed by atoms with Crippen molar-refractivity contribution in [3.05, 3.63) is 40.4 Å². The van der Waals surface area contributed by atoms with Crippen molar-refractivity contribution in [2.24, 2.45) is 0 Å². The van der Waals surface area contributed by atoms with E-state index in [1.807, 2.05) is 0 Å². The van der Waals surface area contributed by atoms with Gasteiger partial charge in [0.25, 0.3) is 5.91 Å². The van der Waals surface area contributed by atoms with Crippen molar-refractivity contribution >= 4 is 27.5 Å². The van der Waals surface area contributed by atoms with Crippen LogP contribution in [0.15, 0.2) is 28.9 Å². The number of rotatable bonds is 3. The Hall–Kier alpha value is -1.80. The summed E-state index contributed by atoms with van der Waals surface area (Å²) in [6.45, 7) is 1.87. The lowest BCUT2D eigenvalue weighted by Crippen LogP contribution is -2.29. The molecule has 2 heterocycles. The van der Waals surface area contributed by atoms with Crippen LogP contribution in [-0.4, -0.2) is 34.0 Å². The van der Waals surface area contributed by atoms with Crippen LogP contribution in [-0.2, 0) is 0 Å². The molecule has 1 aromatic carbocycles. The van der Waals surface area contributed by atoms with Crippen LogP contribution in [0.3, 0.4) is 0 Å². The number of hydrogen-bond donors (Lipinski definition) is 2. The van der Waals surface area contributed by atoms with Gasteiger partial charge >= 0.3 is 0 Å². The molecule has 2 aromatic rings. The largest absolute Gasteiger partial charge is 0.320 e. The summed E-state index contributed by atoms with van der Waals surface area (Å²) in [5.41, 5.74) is 0.601. The number of nitrogens with one attached hydrogen (secondary N) is 2. The third kappa shape index (κ3) is 3.33. The summed E-state index contributed by atoms with van der Waals surface area (Å²) in [6.07, 6.45) is 3.56. The van der Waals surface area contributed by atoms with Gasteiger partial charge in [-0.25, -0.2) is 9.07 Å². The van der Waals surface area contributed by atoms with E-state index in [1.54, 1.807) is 16.9 Å². The van der Waals surface area contributed by atoms with Crippen molar-refractivity contribution in [3.8, 4) is 0 Å². The Balaban J connectivity index is 1.69. The number of amides is 1. The Morgan fingerprint density at radius 1 is 1.41 bits per heavy atom. The number of piperidine rings is 1. The van der Waals surface area contributed by atoms with E-state index in [0.717, 1.165) is 25.9 Å². The van der Waals surface area contributed by atoms with E-state index < -0.39 is 11.7 Å². The second-order valence-electron chi connectivity index (χ2n) is 5.15. The Labute approximate surface area is 135 Å². The third-order valence-electron chi connectivity index (χ3n) is 3.60. The van der Waals surface area contributed by atoms with Gasteiger partial charge in [-0.05, 0) is 60.1 Å². The fourth-order valence-electron chi connectivity index (χ4n) is 2.40. The molecule has 1 saturated heterocycles. The molecule has 1 aromatic heterocycles. The molecule has 8 heteroatoms. The monoisotopic (exact) mass is 367 g/mol. The van der Waals surface area contributed by atoms with Gasteiger partial charge in [0.1, 0.15) is 5.82 Å². The van der Waals surface area contributed by atoms with Crippen LogP contribution in [0.4, 0.5) is 10.1 Å². The first-order valence-corrected chi connectivity index (χ1v) is 7.82. The maximum Gasteiger partial charge on any atom is 0.277 e. The Morgan fingerprint density at radius 2 is 2.18 bits per heavy atom. The summed E-state index contributed by atoms with van der Waals surface area (Å²) < 4.78 is 15.5. The number of benzene rings is 1. The Morgan fingerprint density at radius 3 is 2.91 bits per heavy atom. The number of carbonyl (C=O) groups is 1.